The number of hydrogen-bond acceptors (Lipinski definition) is 2. The number of nitrogens with zero attached hydrogens (tertiary/aromatic N) is 3. The van der Waals surface area contributed by atoms with E-state index in [2.05, 4.69) is 20.4 Å². The van der Waals surface area contributed by atoms with E-state index in [0.29, 0.717) is 0 Å². The van der Waals surface area contributed by atoms with Gasteiger partial charge in [-0.25, -0.2) is 0 Å². The Morgan fingerprint density at radius 2 is 1.92 bits per heavy atom. The van der Waals surface area contributed by atoms with Crippen LogP contribution in [0.5, 0.6) is 0 Å². The summed E-state index contributed by atoms with van der Waals surface area (Å²) >= 11 is 0. The molecule has 1 heterocycles. The molecule has 0 N–H and O–H groups in total. The third-order valence-corrected chi connectivity index (χ3v) is 2.15. The van der Waals surface area contributed by atoms with Gasteiger partial charge >= 0.3 is 0 Å². The summed E-state index contributed by atoms with van der Waals surface area (Å²) in [6.45, 7) is 2.03. The first kappa shape index (κ1) is 8.19. The van der Waals surface area contributed by atoms with Crippen LogP contribution in [-0.2, 0) is 0 Å². The van der Waals surface area contributed by atoms with Crippen LogP contribution in [0.3, 0.4) is 0 Å². The van der Waals surface area contributed by atoms with E-state index in [1.807, 2.05) is 25.1 Å². The van der Waals surface area contributed by atoms with Gasteiger partial charge in [0.15, 0.2) is 0 Å². The highest BCUT2D eigenvalue weighted by molar-refractivity contribution is 6.32. The fourth-order valence-electron chi connectivity index (χ4n) is 1.17. The fourth-order valence-corrected chi connectivity index (χ4v) is 1.39. The average molecular weight is 186 g/mol. The van der Waals surface area contributed by atoms with E-state index in [1.165, 1.54) is 0 Å². The van der Waals surface area contributed by atoms with Crippen molar-refractivity contribution in [2.24, 2.45) is 0 Å². The van der Waals surface area contributed by atoms with E-state index in [0.717, 1.165) is 16.4 Å². The molecule has 0 fully saturated rings. The molecular weight excluding hydrogens is 178 g/mol. The van der Waals surface area contributed by atoms with E-state index in [1.54, 1.807) is 17.2 Å². The lowest BCUT2D eigenvalue weighted by Crippen LogP contribution is -2.08. The second-order valence-electron chi connectivity index (χ2n) is 2.82. The summed E-state index contributed by atoms with van der Waals surface area (Å²) in [6.07, 6.45) is 3.33. The van der Waals surface area contributed by atoms with Gasteiger partial charge in [0, 0.05) is 0 Å². The number of aromatic nitrogens is 3. The normalized spacial score (nSPS) is 10.3. The lowest BCUT2D eigenvalue weighted by molar-refractivity contribution is 0.748. The van der Waals surface area contributed by atoms with Crippen LogP contribution in [0.15, 0.2) is 30.6 Å². The van der Waals surface area contributed by atoms with E-state index >= 15 is 0 Å². The van der Waals surface area contributed by atoms with Gasteiger partial charge in [-0.3, -0.25) is 0 Å². The number of hydrogen-bond donors (Lipinski definition) is 0. The van der Waals surface area contributed by atoms with Crippen molar-refractivity contribution in [2.45, 2.75) is 6.92 Å². The van der Waals surface area contributed by atoms with Crippen molar-refractivity contribution >= 4 is 15.4 Å². The van der Waals surface area contributed by atoms with Crippen LogP contribution >= 0.6 is 0 Å². The molecule has 0 bridgehead atoms. The Kier molecular flexibility index (Phi) is 1.98. The molecule has 0 spiro atoms. The van der Waals surface area contributed by atoms with Crippen LogP contribution in [0, 0.1) is 6.92 Å². The van der Waals surface area contributed by atoms with Crippen LogP contribution in [0.25, 0.3) is 5.69 Å². The second-order valence-corrected chi connectivity index (χ2v) is 3.40. The van der Waals surface area contributed by atoms with Crippen molar-refractivity contribution in [3.63, 3.8) is 0 Å². The van der Waals surface area contributed by atoms with Gasteiger partial charge in [-0.05, 0) is 18.6 Å². The third kappa shape index (κ3) is 1.53. The molecule has 4 heteroatoms. The number of aryl methyl sites for hydroxylation is 1. The fraction of sp³-hybridized carbons (Fsp3) is 0.111. The summed E-state index contributed by atoms with van der Waals surface area (Å²) in [5, 5.41) is 9.17. The van der Waals surface area contributed by atoms with Crippen LogP contribution in [0.2, 0.25) is 0 Å². The molecule has 0 atom stereocenters. The van der Waals surface area contributed by atoms with Crippen LogP contribution in [0.4, 0.5) is 0 Å². The summed E-state index contributed by atoms with van der Waals surface area (Å²) in [7, 11) is 3.46. The quantitative estimate of drug-likeness (QED) is 0.602. The van der Waals surface area contributed by atoms with Crippen molar-refractivity contribution in [1.29, 1.82) is 0 Å². The molecule has 3 radical (unpaired) electrons. The third-order valence-electron chi connectivity index (χ3n) is 1.84. The molecule has 3 nitrogen and oxygen atoms in total. The van der Waals surface area contributed by atoms with Crippen molar-refractivity contribution < 1.29 is 0 Å². The first-order chi connectivity index (χ1) is 6.27. The molecule has 0 aliphatic carbocycles. The minimum absolute atomic E-state index is 0.998. The zero-order valence-electron chi connectivity index (χ0n) is 7.23. The van der Waals surface area contributed by atoms with Crippen molar-refractivity contribution in [1.82, 2.24) is 15.0 Å². The smallest absolute Gasteiger partial charge is 0.0884 e. The molecule has 0 amide bonds. The maximum absolute atomic E-state index is 4.07. The minimum Gasteiger partial charge on any atom is -0.157 e. The molecule has 13 heavy (non-hydrogen) atoms. The Morgan fingerprint density at radius 3 is 2.62 bits per heavy atom. The molecule has 1 aromatic carbocycles. The SMILES string of the molecule is Cc1ccc([Si])cc1-n1nccn1. The molecule has 2 rings (SSSR count). The van der Waals surface area contributed by atoms with E-state index in [-0.39, 0.29) is 0 Å². The summed E-state index contributed by atoms with van der Waals surface area (Å²) in [4.78, 5) is 1.61. The van der Waals surface area contributed by atoms with Crippen molar-refractivity contribution in [3.8, 4) is 5.69 Å². The van der Waals surface area contributed by atoms with Gasteiger partial charge in [0.2, 0.25) is 0 Å². The molecule has 0 aliphatic heterocycles. The van der Waals surface area contributed by atoms with Crippen molar-refractivity contribution in [2.75, 3.05) is 0 Å². The molecule has 63 valence electrons. The first-order valence-electron chi connectivity index (χ1n) is 3.96. The van der Waals surface area contributed by atoms with Gasteiger partial charge in [0.1, 0.15) is 0 Å². The predicted molar refractivity (Wildman–Crippen MR) is 51.5 cm³/mol. The molecule has 2 aromatic rings. The second kappa shape index (κ2) is 3.14. The Labute approximate surface area is 79.8 Å². The highest BCUT2D eigenvalue weighted by atomic mass is 28.1. The largest absolute Gasteiger partial charge is 0.157 e. The predicted octanol–water partition coefficient (Wildman–Crippen LogP) is 0.370. The molecule has 0 saturated carbocycles. The highest BCUT2D eigenvalue weighted by Crippen LogP contribution is 2.08. The van der Waals surface area contributed by atoms with Gasteiger partial charge in [-0.1, -0.05) is 17.3 Å². The van der Waals surface area contributed by atoms with Gasteiger partial charge in [-0.2, -0.15) is 15.0 Å². The Bertz CT molecular complexity index is 409. The summed E-state index contributed by atoms with van der Waals surface area (Å²) in [5.74, 6) is 0. The number of rotatable bonds is 1. The Morgan fingerprint density at radius 1 is 1.23 bits per heavy atom. The van der Waals surface area contributed by atoms with E-state index in [4.69, 9.17) is 0 Å². The average Bonchev–Trinajstić information content (AvgIpc) is 2.61. The summed E-state index contributed by atoms with van der Waals surface area (Å²) < 4.78 is 0. The zero-order valence-corrected chi connectivity index (χ0v) is 8.23. The monoisotopic (exact) mass is 186 g/mol. The topological polar surface area (TPSA) is 30.7 Å². The van der Waals surface area contributed by atoms with Gasteiger partial charge in [0.25, 0.3) is 0 Å². The lowest BCUT2D eigenvalue weighted by Gasteiger charge is -2.04. The molecule has 0 saturated heterocycles. The van der Waals surface area contributed by atoms with Gasteiger partial charge in [0.05, 0.1) is 28.3 Å². The minimum atomic E-state index is 0.998. The van der Waals surface area contributed by atoms with Crippen LogP contribution in [0.1, 0.15) is 5.56 Å². The Balaban J connectivity index is 2.57. The van der Waals surface area contributed by atoms with Gasteiger partial charge < -0.3 is 0 Å². The van der Waals surface area contributed by atoms with E-state index in [9.17, 15) is 0 Å². The zero-order chi connectivity index (χ0) is 9.26. The van der Waals surface area contributed by atoms with Gasteiger partial charge in [-0.15, -0.1) is 0 Å². The Hall–Kier alpha value is -1.42. The van der Waals surface area contributed by atoms with E-state index < -0.39 is 0 Å². The summed E-state index contributed by atoms with van der Waals surface area (Å²) in [5.41, 5.74) is 2.15. The van der Waals surface area contributed by atoms with Crippen molar-refractivity contribution in [3.05, 3.63) is 36.2 Å². The summed E-state index contributed by atoms with van der Waals surface area (Å²) in [6, 6.07) is 6.02. The standard InChI is InChI=1S/C9H8N3Si/c1-7-2-3-8(13)6-9(7)12-10-4-5-11-12/h2-6H,1H3. The lowest BCUT2D eigenvalue weighted by atomic mass is 10.2. The first-order valence-corrected chi connectivity index (χ1v) is 4.46. The number of benzene rings is 1. The maximum atomic E-state index is 4.07. The highest BCUT2D eigenvalue weighted by Gasteiger charge is 2.01. The molecule has 0 unspecified atom stereocenters. The molecular formula is C9H8N3Si. The molecule has 0 aliphatic rings. The maximum Gasteiger partial charge on any atom is 0.0884 e. The van der Waals surface area contributed by atoms with Crippen LogP contribution < -0.4 is 5.19 Å². The molecule has 1 aromatic heterocycles. The van der Waals surface area contributed by atoms with Crippen LogP contribution in [-0.4, -0.2) is 25.2 Å².